The van der Waals surface area contributed by atoms with Crippen LogP contribution in [0.25, 0.3) is 0 Å². The average Bonchev–Trinajstić information content (AvgIpc) is 2.36. The van der Waals surface area contributed by atoms with E-state index in [1.54, 1.807) is 12.1 Å². The number of carbonyl (C=O) groups is 1. The predicted octanol–water partition coefficient (Wildman–Crippen LogP) is 0.628. The lowest BCUT2D eigenvalue weighted by Gasteiger charge is -2.17. The van der Waals surface area contributed by atoms with Crippen molar-refractivity contribution in [2.45, 2.75) is 30.8 Å². The summed E-state index contributed by atoms with van der Waals surface area (Å²) in [6.07, 6.45) is 1.61. The maximum absolute atomic E-state index is 11.5. The van der Waals surface area contributed by atoms with Gasteiger partial charge < -0.3 is 4.74 Å². The molecule has 0 fully saturated rings. The maximum atomic E-state index is 11.5. The van der Waals surface area contributed by atoms with Crippen LogP contribution >= 0.6 is 0 Å². The molecule has 1 amide bonds. The summed E-state index contributed by atoms with van der Waals surface area (Å²) in [5.41, 5.74) is 2.03. The molecular formula is C12H18N2O4S. The lowest BCUT2D eigenvalue weighted by atomic mass is 10.2. The van der Waals surface area contributed by atoms with Crippen LogP contribution in [0.5, 0.6) is 5.75 Å². The monoisotopic (exact) mass is 286 g/mol. The molecule has 1 atom stereocenters. The molecule has 6 nitrogen and oxygen atoms in total. The van der Waals surface area contributed by atoms with Crippen LogP contribution in [0.15, 0.2) is 29.2 Å². The van der Waals surface area contributed by atoms with Crippen molar-refractivity contribution >= 4 is 15.7 Å². The first kappa shape index (κ1) is 15.5. The molecule has 0 heterocycles. The Balaban J connectivity index is 2.94. The summed E-state index contributed by atoms with van der Waals surface area (Å²) in [5.74, 6) is 4.97. The van der Waals surface area contributed by atoms with E-state index in [0.29, 0.717) is 12.2 Å². The summed E-state index contributed by atoms with van der Waals surface area (Å²) in [6.45, 7) is 1.91. The quantitative estimate of drug-likeness (QED) is 0.454. The molecular weight excluding hydrogens is 268 g/mol. The van der Waals surface area contributed by atoms with Crippen LogP contribution < -0.4 is 16.0 Å². The summed E-state index contributed by atoms with van der Waals surface area (Å²) in [4.78, 5) is 11.7. The molecule has 0 spiro atoms. The molecule has 19 heavy (non-hydrogen) atoms. The van der Waals surface area contributed by atoms with Crippen LogP contribution in [0.2, 0.25) is 0 Å². The van der Waals surface area contributed by atoms with Crippen LogP contribution in [0.4, 0.5) is 0 Å². The van der Waals surface area contributed by atoms with Crippen molar-refractivity contribution in [2.75, 3.05) is 6.26 Å². The van der Waals surface area contributed by atoms with Gasteiger partial charge in [-0.2, -0.15) is 0 Å². The van der Waals surface area contributed by atoms with Gasteiger partial charge in [0.25, 0.3) is 5.91 Å². The third-order valence-corrected chi connectivity index (χ3v) is 3.61. The van der Waals surface area contributed by atoms with E-state index >= 15 is 0 Å². The minimum Gasteiger partial charge on any atom is -0.481 e. The standard InChI is InChI=1S/C12H18N2O4S/c1-3-5-11(12(15)14-13)18-9-6-4-7-10(8-9)19(2,16)17/h4,6-8,11H,3,5,13H2,1-2H3,(H,14,15). The molecule has 3 N–H and O–H groups in total. The summed E-state index contributed by atoms with van der Waals surface area (Å²) >= 11 is 0. The number of nitrogens with two attached hydrogens (primary N) is 1. The molecule has 0 aliphatic heterocycles. The van der Waals surface area contributed by atoms with Gasteiger partial charge in [0.15, 0.2) is 15.9 Å². The fourth-order valence-corrected chi connectivity index (χ4v) is 2.20. The van der Waals surface area contributed by atoms with Crippen LogP contribution in [0, 0.1) is 0 Å². The Labute approximate surface area is 112 Å². The molecule has 1 unspecified atom stereocenters. The predicted molar refractivity (Wildman–Crippen MR) is 71.2 cm³/mol. The highest BCUT2D eigenvalue weighted by Gasteiger charge is 2.19. The molecule has 0 saturated carbocycles. The summed E-state index contributed by atoms with van der Waals surface area (Å²) in [5, 5.41) is 0. The largest absolute Gasteiger partial charge is 0.481 e. The number of sulfone groups is 1. The second kappa shape index (κ2) is 6.53. The molecule has 106 valence electrons. The van der Waals surface area contributed by atoms with Gasteiger partial charge in [-0.1, -0.05) is 19.4 Å². The summed E-state index contributed by atoms with van der Waals surface area (Å²) < 4.78 is 28.4. The highest BCUT2D eigenvalue weighted by molar-refractivity contribution is 7.90. The molecule has 7 heteroatoms. The first-order chi connectivity index (χ1) is 8.88. The first-order valence-corrected chi connectivity index (χ1v) is 7.75. The normalized spacial score (nSPS) is 12.8. The Morgan fingerprint density at radius 3 is 2.68 bits per heavy atom. The second-order valence-corrected chi connectivity index (χ2v) is 6.17. The van der Waals surface area contributed by atoms with Gasteiger partial charge in [-0.25, -0.2) is 14.3 Å². The van der Waals surface area contributed by atoms with Crippen molar-refractivity contribution in [1.29, 1.82) is 0 Å². The number of carbonyl (C=O) groups excluding carboxylic acids is 1. The lowest BCUT2D eigenvalue weighted by molar-refractivity contribution is -0.128. The lowest BCUT2D eigenvalue weighted by Crippen LogP contribution is -2.42. The minimum absolute atomic E-state index is 0.147. The number of benzene rings is 1. The van der Waals surface area contributed by atoms with Crippen molar-refractivity contribution in [3.05, 3.63) is 24.3 Å². The van der Waals surface area contributed by atoms with Gasteiger partial charge in [0.1, 0.15) is 5.75 Å². The van der Waals surface area contributed by atoms with Crippen molar-refractivity contribution in [2.24, 2.45) is 5.84 Å². The Hall–Kier alpha value is -1.60. The molecule has 0 bridgehead atoms. The molecule has 1 rings (SSSR count). The van der Waals surface area contributed by atoms with Gasteiger partial charge in [0.05, 0.1) is 4.90 Å². The number of ether oxygens (including phenoxy) is 1. The maximum Gasteiger partial charge on any atom is 0.274 e. The fraction of sp³-hybridized carbons (Fsp3) is 0.417. The molecule has 0 aliphatic carbocycles. The van der Waals surface area contributed by atoms with Crippen LogP contribution in [0.1, 0.15) is 19.8 Å². The molecule has 0 aromatic heterocycles. The number of rotatable bonds is 6. The molecule has 1 aromatic rings. The van der Waals surface area contributed by atoms with Crippen LogP contribution in [-0.4, -0.2) is 26.7 Å². The van der Waals surface area contributed by atoms with Gasteiger partial charge >= 0.3 is 0 Å². The van der Waals surface area contributed by atoms with Gasteiger partial charge in [-0.3, -0.25) is 10.2 Å². The zero-order chi connectivity index (χ0) is 14.5. The van der Waals surface area contributed by atoms with Crippen molar-refractivity contribution in [1.82, 2.24) is 5.43 Å². The van der Waals surface area contributed by atoms with E-state index in [9.17, 15) is 13.2 Å². The van der Waals surface area contributed by atoms with Crippen molar-refractivity contribution in [3.8, 4) is 5.75 Å². The zero-order valence-electron chi connectivity index (χ0n) is 10.9. The average molecular weight is 286 g/mol. The van der Waals surface area contributed by atoms with Crippen LogP contribution in [-0.2, 0) is 14.6 Å². The first-order valence-electron chi connectivity index (χ1n) is 5.85. The van der Waals surface area contributed by atoms with E-state index in [1.165, 1.54) is 12.1 Å². The number of hydrogen-bond acceptors (Lipinski definition) is 5. The Kier molecular flexibility index (Phi) is 5.31. The summed E-state index contributed by atoms with van der Waals surface area (Å²) in [7, 11) is -3.30. The third kappa shape index (κ3) is 4.53. The SMILES string of the molecule is CCCC(Oc1cccc(S(C)(=O)=O)c1)C(=O)NN. The second-order valence-electron chi connectivity index (χ2n) is 4.15. The Morgan fingerprint density at radius 2 is 2.16 bits per heavy atom. The molecule has 1 aromatic carbocycles. The number of nitrogens with one attached hydrogen (secondary N) is 1. The van der Waals surface area contributed by atoms with Crippen molar-refractivity contribution in [3.63, 3.8) is 0 Å². The number of amides is 1. The molecule has 0 saturated heterocycles. The smallest absolute Gasteiger partial charge is 0.274 e. The molecule has 0 radical (unpaired) electrons. The number of hydrogen-bond donors (Lipinski definition) is 2. The van der Waals surface area contributed by atoms with Gasteiger partial charge in [0.2, 0.25) is 0 Å². The minimum atomic E-state index is -3.30. The Morgan fingerprint density at radius 1 is 1.47 bits per heavy atom. The zero-order valence-corrected chi connectivity index (χ0v) is 11.7. The van der Waals surface area contributed by atoms with Gasteiger partial charge in [0, 0.05) is 6.26 Å². The van der Waals surface area contributed by atoms with Crippen LogP contribution in [0.3, 0.4) is 0 Å². The van der Waals surface area contributed by atoms with Gasteiger partial charge in [-0.05, 0) is 24.6 Å². The van der Waals surface area contributed by atoms with E-state index in [4.69, 9.17) is 10.6 Å². The summed E-state index contributed by atoms with van der Waals surface area (Å²) in [6, 6.07) is 6.03. The van der Waals surface area contributed by atoms with E-state index in [0.717, 1.165) is 12.7 Å². The van der Waals surface area contributed by atoms with E-state index < -0.39 is 21.8 Å². The van der Waals surface area contributed by atoms with E-state index in [1.807, 2.05) is 12.3 Å². The van der Waals surface area contributed by atoms with Gasteiger partial charge in [-0.15, -0.1) is 0 Å². The topological polar surface area (TPSA) is 98.5 Å². The van der Waals surface area contributed by atoms with E-state index in [-0.39, 0.29) is 4.90 Å². The highest BCUT2D eigenvalue weighted by atomic mass is 32.2. The molecule has 0 aliphatic rings. The fourth-order valence-electron chi connectivity index (χ4n) is 1.54. The highest BCUT2D eigenvalue weighted by Crippen LogP contribution is 2.19. The third-order valence-electron chi connectivity index (χ3n) is 2.50. The Bertz CT molecular complexity index is 542. The van der Waals surface area contributed by atoms with Crippen molar-refractivity contribution < 1.29 is 17.9 Å². The van der Waals surface area contributed by atoms with E-state index in [2.05, 4.69) is 0 Å². The number of hydrazine groups is 1.